The number of aryl methyl sites for hydroxylation is 1. The van der Waals surface area contributed by atoms with E-state index in [1.165, 1.54) is 6.08 Å². The van der Waals surface area contributed by atoms with E-state index in [9.17, 15) is 9.59 Å². The number of para-hydroxylation sites is 1. The SMILES string of the molecule is CC=CC=CC(=O)OCC(=O)N1CCCc2ccccc21. The van der Waals surface area contributed by atoms with Gasteiger partial charge >= 0.3 is 5.97 Å². The van der Waals surface area contributed by atoms with Gasteiger partial charge in [0.2, 0.25) is 0 Å². The third kappa shape index (κ3) is 4.05. The van der Waals surface area contributed by atoms with Crippen LogP contribution in [0.25, 0.3) is 0 Å². The van der Waals surface area contributed by atoms with E-state index in [1.54, 1.807) is 23.1 Å². The molecule has 110 valence electrons. The van der Waals surface area contributed by atoms with E-state index in [4.69, 9.17) is 4.74 Å². The van der Waals surface area contributed by atoms with Crippen molar-refractivity contribution in [2.75, 3.05) is 18.1 Å². The molecule has 0 aromatic heterocycles. The molecule has 0 atom stereocenters. The van der Waals surface area contributed by atoms with E-state index in [2.05, 4.69) is 0 Å². The van der Waals surface area contributed by atoms with Crippen molar-refractivity contribution in [2.45, 2.75) is 19.8 Å². The lowest BCUT2D eigenvalue weighted by Gasteiger charge is -2.29. The quantitative estimate of drug-likeness (QED) is 0.485. The highest BCUT2D eigenvalue weighted by molar-refractivity contribution is 5.96. The number of fused-ring (bicyclic) bond motifs is 1. The molecule has 0 unspecified atom stereocenters. The van der Waals surface area contributed by atoms with Crippen LogP contribution in [0, 0.1) is 0 Å². The summed E-state index contributed by atoms with van der Waals surface area (Å²) in [7, 11) is 0. The van der Waals surface area contributed by atoms with Gasteiger partial charge in [0.25, 0.3) is 5.91 Å². The lowest BCUT2D eigenvalue weighted by atomic mass is 10.0. The third-order valence-electron chi connectivity index (χ3n) is 3.29. The smallest absolute Gasteiger partial charge is 0.331 e. The van der Waals surface area contributed by atoms with Crippen LogP contribution in [0.15, 0.2) is 48.6 Å². The van der Waals surface area contributed by atoms with E-state index in [-0.39, 0.29) is 12.5 Å². The Hall–Kier alpha value is -2.36. The van der Waals surface area contributed by atoms with Gasteiger partial charge in [-0.15, -0.1) is 0 Å². The molecule has 0 saturated carbocycles. The van der Waals surface area contributed by atoms with Gasteiger partial charge < -0.3 is 9.64 Å². The van der Waals surface area contributed by atoms with Gasteiger partial charge in [0.15, 0.2) is 6.61 Å². The van der Waals surface area contributed by atoms with E-state index in [0.717, 1.165) is 24.1 Å². The highest BCUT2D eigenvalue weighted by Gasteiger charge is 2.22. The van der Waals surface area contributed by atoms with Gasteiger partial charge in [-0.05, 0) is 31.4 Å². The number of nitrogens with zero attached hydrogens (tertiary/aromatic N) is 1. The Labute approximate surface area is 124 Å². The molecule has 1 aromatic rings. The van der Waals surface area contributed by atoms with Crippen LogP contribution >= 0.6 is 0 Å². The van der Waals surface area contributed by atoms with Gasteiger partial charge in [-0.2, -0.15) is 0 Å². The molecule has 21 heavy (non-hydrogen) atoms. The van der Waals surface area contributed by atoms with Crippen molar-refractivity contribution in [3.8, 4) is 0 Å². The fraction of sp³-hybridized carbons (Fsp3) is 0.294. The first kappa shape index (κ1) is 15.0. The van der Waals surface area contributed by atoms with E-state index < -0.39 is 5.97 Å². The Morgan fingerprint density at radius 3 is 2.90 bits per heavy atom. The molecule has 0 spiro atoms. The molecule has 1 aromatic carbocycles. The standard InChI is InChI=1S/C17H19NO3/c1-2-3-4-11-17(20)21-13-16(19)18-12-7-9-14-8-5-6-10-15(14)18/h2-6,8,10-11H,7,9,12-13H2,1H3. The molecule has 0 aliphatic carbocycles. The van der Waals surface area contributed by atoms with Crippen molar-refractivity contribution < 1.29 is 14.3 Å². The largest absolute Gasteiger partial charge is 0.452 e. The number of esters is 1. The van der Waals surface area contributed by atoms with Crippen molar-refractivity contribution in [1.29, 1.82) is 0 Å². The van der Waals surface area contributed by atoms with Crippen molar-refractivity contribution in [1.82, 2.24) is 0 Å². The molecule has 1 aliphatic heterocycles. The normalized spacial score (nSPS) is 14.4. The van der Waals surface area contributed by atoms with Crippen LogP contribution < -0.4 is 4.90 Å². The first-order valence-corrected chi connectivity index (χ1v) is 7.06. The van der Waals surface area contributed by atoms with Crippen LogP contribution in [0.2, 0.25) is 0 Å². The maximum Gasteiger partial charge on any atom is 0.331 e. The molecule has 2 rings (SSSR count). The number of hydrogen-bond donors (Lipinski definition) is 0. The molecular weight excluding hydrogens is 266 g/mol. The zero-order valence-electron chi connectivity index (χ0n) is 12.1. The second-order valence-electron chi connectivity index (χ2n) is 4.77. The zero-order valence-corrected chi connectivity index (χ0v) is 12.1. The summed E-state index contributed by atoms with van der Waals surface area (Å²) in [5.74, 6) is -0.693. The van der Waals surface area contributed by atoms with Crippen LogP contribution in [-0.2, 0) is 20.7 Å². The fourth-order valence-corrected chi connectivity index (χ4v) is 2.30. The van der Waals surface area contributed by atoms with E-state index >= 15 is 0 Å². The molecule has 4 heteroatoms. The second-order valence-corrected chi connectivity index (χ2v) is 4.77. The number of carbonyl (C=O) groups is 2. The van der Waals surface area contributed by atoms with Crippen molar-refractivity contribution >= 4 is 17.6 Å². The van der Waals surface area contributed by atoms with E-state index in [1.807, 2.05) is 31.2 Å². The summed E-state index contributed by atoms with van der Waals surface area (Å²) in [6.45, 7) is 2.29. The van der Waals surface area contributed by atoms with Crippen LogP contribution in [-0.4, -0.2) is 25.0 Å². The van der Waals surface area contributed by atoms with Gasteiger partial charge in [-0.25, -0.2) is 4.79 Å². The summed E-state index contributed by atoms with van der Waals surface area (Å²) in [6, 6.07) is 7.84. The van der Waals surface area contributed by atoms with Crippen LogP contribution in [0.1, 0.15) is 18.9 Å². The molecule has 0 bridgehead atoms. The minimum Gasteiger partial charge on any atom is -0.452 e. The average molecular weight is 285 g/mol. The summed E-state index contributed by atoms with van der Waals surface area (Å²) in [6.07, 6.45) is 8.33. The number of hydrogen-bond acceptors (Lipinski definition) is 3. The van der Waals surface area contributed by atoms with E-state index in [0.29, 0.717) is 6.54 Å². The minimum atomic E-state index is -0.508. The molecule has 1 aliphatic rings. The Balaban J connectivity index is 1.94. The number of anilines is 1. The summed E-state index contributed by atoms with van der Waals surface area (Å²) in [5, 5.41) is 0. The highest BCUT2D eigenvalue weighted by Crippen LogP contribution is 2.26. The Bertz CT molecular complexity index is 575. The number of allylic oxidation sites excluding steroid dienone is 3. The van der Waals surface area contributed by atoms with Crippen LogP contribution in [0.5, 0.6) is 0 Å². The van der Waals surface area contributed by atoms with Gasteiger partial charge in [0.1, 0.15) is 0 Å². The van der Waals surface area contributed by atoms with Crippen molar-refractivity contribution in [3.05, 3.63) is 54.1 Å². The molecule has 0 radical (unpaired) electrons. The maximum atomic E-state index is 12.2. The lowest BCUT2D eigenvalue weighted by molar-refractivity contribution is -0.143. The van der Waals surface area contributed by atoms with Gasteiger partial charge in [-0.3, -0.25) is 4.79 Å². The molecule has 0 N–H and O–H groups in total. The van der Waals surface area contributed by atoms with Crippen LogP contribution in [0.3, 0.4) is 0 Å². The summed E-state index contributed by atoms with van der Waals surface area (Å²) >= 11 is 0. The van der Waals surface area contributed by atoms with Gasteiger partial charge in [0.05, 0.1) is 0 Å². The topological polar surface area (TPSA) is 46.6 Å². The monoisotopic (exact) mass is 285 g/mol. The Morgan fingerprint density at radius 1 is 1.29 bits per heavy atom. The fourth-order valence-electron chi connectivity index (χ4n) is 2.30. The van der Waals surface area contributed by atoms with Crippen molar-refractivity contribution in [3.63, 3.8) is 0 Å². The maximum absolute atomic E-state index is 12.2. The summed E-state index contributed by atoms with van der Waals surface area (Å²) in [4.78, 5) is 25.3. The zero-order chi connectivity index (χ0) is 15.1. The number of amides is 1. The van der Waals surface area contributed by atoms with Gasteiger partial charge in [-0.1, -0.05) is 36.4 Å². The first-order valence-electron chi connectivity index (χ1n) is 7.06. The van der Waals surface area contributed by atoms with Crippen molar-refractivity contribution in [2.24, 2.45) is 0 Å². The lowest BCUT2D eigenvalue weighted by Crippen LogP contribution is -2.38. The number of carbonyl (C=O) groups excluding carboxylic acids is 2. The molecule has 1 heterocycles. The van der Waals surface area contributed by atoms with Crippen LogP contribution in [0.4, 0.5) is 5.69 Å². The summed E-state index contributed by atoms with van der Waals surface area (Å²) in [5.41, 5.74) is 2.09. The molecule has 1 amide bonds. The average Bonchev–Trinajstić information content (AvgIpc) is 2.52. The molecule has 4 nitrogen and oxygen atoms in total. The third-order valence-corrected chi connectivity index (χ3v) is 3.29. The first-order chi connectivity index (χ1) is 10.2. The predicted octanol–water partition coefficient (Wildman–Crippen LogP) is 2.64. The Morgan fingerprint density at radius 2 is 2.10 bits per heavy atom. The molecule has 0 fully saturated rings. The molecular formula is C17H19NO3. The summed E-state index contributed by atoms with van der Waals surface area (Å²) < 4.78 is 4.97. The minimum absolute atomic E-state index is 0.185. The second kappa shape index (κ2) is 7.43. The highest BCUT2D eigenvalue weighted by atomic mass is 16.5. The number of ether oxygens (including phenoxy) is 1. The van der Waals surface area contributed by atoms with Gasteiger partial charge in [0, 0.05) is 18.3 Å². The number of rotatable bonds is 4. The molecule has 0 saturated heterocycles. The number of benzene rings is 1. The Kier molecular flexibility index (Phi) is 5.32. The predicted molar refractivity (Wildman–Crippen MR) is 82.0 cm³/mol.